The summed E-state index contributed by atoms with van der Waals surface area (Å²) < 4.78 is 0. The second-order valence-electron chi connectivity index (χ2n) is 2.61. The van der Waals surface area contributed by atoms with E-state index in [0.29, 0.717) is 18.2 Å². The van der Waals surface area contributed by atoms with E-state index in [1.807, 2.05) is 11.8 Å². The Balaban J connectivity index is 2.78. The highest BCUT2D eigenvalue weighted by atomic mass is 16.3. The van der Waals surface area contributed by atoms with Crippen molar-refractivity contribution in [3.8, 4) is 0 Å². The van der Waals surface area contributed by atoms with Crippen molar-refractivity contribution in [1.29, 1.82) is 0 Å². The Morgan fingerprint density at radius 1 is 1.54 bits per heavy atom. The van der Waals surface area contributed by atoms with E-state index >= 15 is 0 Å². The summed E-state index contributed by atoms with van der Waals surface area (Å²) in [5.74, 6) is 1.10. The molecule has 0 amide bonds. The summed E-state index contributed by atoms with van der Waals surface area (Å²) in [4.78, 5) is 9.92. The number of nitrogen functional groups attached to an aromatic ring is 1. The van der Waals surface area contributed by atoms with E-state index < -0.39 is 0 Å². The Morgan fingerprint density at radius 2 is 2.31 bits per heavy atom. The maximum atomic E-state index is 8.78. The third-order valence-corrected chi connectivity index (χ3v) is 1.72. The number of nitrogens with two attached hydrogens (primary N) is 1. The van der Waals surface area contributed by atoms with Crippen LogP contribution < -0.4 is 10.6 Å². The van der Waals surface area contributed by atoms with Gasteiger partial charge in [0.15, 0.2) is 0 Å². The molecule has 5 heteroatoms. The zero-order valence-corrected chi connectivity index (χ0v) is 7.64. The molecule has 0 atom stereocenters. The molecule has 0 spiro atoms. The maximum absolute atomic E-state index is 8.78. The van der Waals surface area contributed by atoms with E-state index in [1.54, 1.807) is 6.20 Å². The minimum Gasteiger partial charge on any atom is -0.395 e. The molecule has 0 fully saturated rings. The molecule has 0 aliphatic carbocycles. The average molecular weight is 182 g/mol. The molecule has 1 rings (SSSR count). The molecular formula is C8H14N4O. The van der Waals surface area contributed by atoms with Crippen LogP contribution in [0.5, 0.6) is 0 Å². The number of nitrogens with zero attached hydrogens (tertiary/aromatic N) is 3. The second kappa shape index (κ2) is 4.61. The first-order valence-corrected chi connectivity index (χ1v) is 4.21. The number of aromatic nitrogens is 2. The van der Waals surface area contributed by atoms with Crippen molar-refractivity contribution in [2.75, 3.05) is 30.3 Å². The Labute approximate surface area is 77.2 Å². The third kappa shape index (κ3) is 2.55. The van der Waals surface area contributed by atoms with Crippen molar-refractivity contribution in [2.45, 2.75) is 6.92 Å². The van der Waals surface area contributed by atoms with Crippen LogP contribution in [-0.4, -0.2) is 34.8 Å². The Bertz CT molecular complexity index is 266. The number of rotatable bonds is 4. The highest BCUT2D eigenvalue weighted by Crippen LogP contribution is 2.09. The number of hydrogen-bond acceptors (Lipinski definition) is 5. The van der Waals surface area contributed by atoms with Crippen LogP contribution in [0, 0.1) is 0 Å². The van der Waals surface area contributed by atoms with Crippen LogP contribution >= 0.6 is 0 Å². The molecule has 72 valence electrons. The lowest BCUT2D eigenvalue weighted by Crippen LogP contribution is -2.27. The van der Waals surface area contributed by atoms with Crippen LogP contribution in [-0.2, 0) is 0 Å². The van der Waals surface area contributed by atoms with E-state index in [0.717, 1.165) is 6.54 Å². The summed E-state index contributed by atoms with van der Waals surface area (Å²) in [5.41, 5.74) is 5.48. The summed E-state index contributed by atoms with van der Waals surface area (Å²) in [7, 11) is 0. The number of aliphatic hydroxyl groups excluding tert-OH is 1. The maximum Gasteiger partial charge on any atom is 0.149 e. The lowest BCUT2D eigenvalue weighted by Gasteiger charge is -2.19. The lowest BCUT2D eigenvalue weighted by molar-refractivity contribution is 0.302. The van der Waals surface area contributed by atoms with E-state index in [4.69, 9.17) is 10.8 Å². The minimum atomic E-state index is 0.102. The molecule has 0 saturated carbocycles. The van der Waals surface area contributed by atoms with Crippen LogP contribution in [0.4, 0.5) is 11.6 Å². The lowest BCUT2D eigenvalue weighted by atomic mass is 10.4. The highest BCUT2D eigenvalue weighted by Gasteiger charge is 2.04. The number of likely N-dealkylation sites (N-methyl/N-ethyl adjacent to an activating group) is 1. The number of hydrogen-bond donors (Lipinski definition) is 2. The molecule has 5 nitrogen and oxygen atoms in total. The summed E-state index contributed by atoms with van der Waals surface area (Å²) in [5, 5.41) is 8.78. The summed E-state index contributed by atoms with van der Waals surface area (Å²) in [6.07, 6.45) is 3.13. The van der Waals surface area contributed by atoms with Crippen molar-refractivity contribution < 1.29 is 5.11 Å². The Kier molecular flexibility index (Phi) is 3.45. The summed E-state index contributed by atoms with van der Waals surface area (Å²) in [6, 6.07) is 0. The molecule has 0 aliphatic heterocycles. The molecule has 1 aromatic rings. The van der Waals surface area contributed by atoms with Gasteiger partial charge >= 0.3 is 0 Å². The predicted molar refractivity (Wildman–Crippen MR) is 51.4 cm³/mol. The topological polar surface area (TPSA) is 75.3 Å². The fourth-order valence-electron chi connectivity index (χ4n) is 1.08. The highest BCUT2D eigenvalue weighted by molar-refractivity contribution is 5.41. The molecule has 0 saturated heterocycles. The van der Waals surface area contributed by atoms with Gasteiger partial charge < -0.3 is 15.7 Å². The monoisotopic (exact) mass is 182 g/mol. The fourth-order valence-corrected chi connectivity index (χ4v) is 1.08. The smallest absolute Gasteiger partial charge is 0.149 e. The van der Waals surface area contributed by atoms with Crippen molar-refractivity contribution >= 4 is 11.6 Å². The van der Waals surface area contributed by atoms with Gasteiger partial charge in [-0.1, -0.05) is 0 Å². The van der Waals surface area contributed by atoms with Crippen LogP contribution in [0.15, 0.2) is 12.4 Å². The molecule has 0 radical (unpaired) electrons. The van der Waals surface area contributed by atoms with Gasteiger partial charge in [0.05, 0.1) is 19.0 Å². The molecule has 0 aliphatic rings. The fraction of sp³-hybridized carbons (Fsp3) is 0.500. The van der Waals surface area contributed by atoms with Gasteiger partial charge in [-0.15, -0.1) is 0 Å². The SMILES string of the molecule is CCN(CCO)c1cncc(N)n1. The quantitative estimate of drug-likeness (QED) is 0.678. The van der Waals surface area contributed by atoms with Crippen molar-refractivity contribution in [2.24, 2.45) is 0 Å². The normalized spacial score (nSPS) is 10.0. The van der Waals surface area contributed by atoms with Gasteiger partial charge in [-0.25, -0.2) is 4.98 Å². The Hall–Kier alpha value is -1.36. The van der Waals surface area contributed by atoms with Gasteiger partial charge in [-0.2, -0.15) is 0 Å². The predicted octanol–water partition coefficient (Wildman–Crippen LogP) is -0.123. The molecule has 0 aromatic carbocycles. The summed E-state index contributed by atoms with van der Waals surface area (Å²) in [6.45, 7) is 3.41. The van der Waals surface area contributed by atoms with Crippen molar-refractivity contribution in [1.82, 2.24) is 9.97 Å². The number of anilines is 2. The van der Waals surface area contributed by atoms with E-state index in [2.05, 4.69) is 9.97 Å². The zero-order chi connectivity index (χ0) is 9.68. The van der Waals surface area contributed by atoms with Crippen LogP contribution in [0.25, 0.3) is 0 Å². The molecule has 0 unspecified atom stereocenters. The first-order chi connectivity index (χ1) is 6.27. The van der Waals surface area contributed by atoms with Crippen LogP contribution in [0.2, 0.25) is 0 Å². The largest absolute Gasteiger partial charge is 0.395 e. The minimum absolute atomic E-state index is 0.102. The average Bonchev–Trinajstić information content (AvgIpc) is 2.14. The van der Waals surface area contributed by atoms with Crippen molar-refractivity contribution in [3.63, 3.8) is 0 Å². The van der Waals surface area contributed by atoms with Gasteiger partial charge in [0.2, 0.25) is 0 Å². The number of aliphatic hydroxyl groups is 1. The third-order valence-electron chi connectivity index (χ3n) is 1.72. The van der Waals surface area contributed by atoms with Gasteiger partial charge in [-0.3, -0.25) is 4.98 Å². The van der Waals surface area contributed by atoms with Crippen LogP contribution in [0.1, 0.15) is 6.92 Å². The standard InChI is InChI=1S/C8H14N4O/c1-2-12(3-4-13)8-6-10-5-7(9)11-8/h5-6,13H,2-4H2,1H3,(H2,9,11). The van der Waals surface area contributed by atoms with Crippen LogP contribution in [0.3, 0.4) is 0 Å². The zero-order valence-electron chi connectivity index (χ0n) is 7.64. The second-order valence-corrected chi connectivity index (χ2v) is 2.61. The van der Waals surface area contributed by atoms with Gasteiger partial charge in [0.25, 0.3) is 0 Å². The molecule has 0 bridgehead atoms. The van der Waals surface area contributed by atoms with Crippen molar-refractivity contribution in [3.05, 3.63) is 12.4 Å². The molecule has 1 aromatic heterocycles. The first-order valence-electron chi connectivity index (χ1n) is 4.21. The van der Waals surface area contributed by atoms with E-state index in [9.17, 15) is 0 Å². The first kappa shape index (κ1) is 9.73. The van der Waals surface area contributed by atoms with Gasteiger partial charge in [0.1, 0.15) is 11.6 Å². The molecule has 13 heavy (non-hydrogen) atoms. The van der Waals surface area contributed by atoms with E-state index in [1.165, 1.54) is 6.20 Å². The summed E-state index contributed by atoms with van der Waals surface area (Å²) >= 11 is 0. The van der Waals surface area contributed by atoms with E-state index in [-0.39, 0.29) is 6.61 Å². The Morgan fingerprint density at radius 3 is 2.85 bits per heavy atom. The van der Waals surface area contributed by atoms with Gasteiger partial charge in [0, 0.05) is 13.1 Å². The van der Waals surface area contributed by atoms with Gasteiger partial charge in [-0.05, 0) is 6.92 Å². The molecule has 3 N–H and O–H groups in total. The molecular weight excluding hydrogens is 168 g/mol. The molecule has 1 heterocycles.